The molecular weight excluding hydrogens is 306 g/mol. The molecule has 21 heavy (non-hydrogen) atoms. The summed E-state index contributed by atoms with van der Waals surface area (Å²) in [7, 11) is 0. The molecule has 2 aromatic rings. The maximum Gasteiger partial charge on any atom is 0.290 e. The van der Waals surface area contributed by atoms with Gasteiger partial charge in [0.05, 0.1) is 6.20 Å². The first kappa shape index (κ1) is 14.6. The first-order valence-corrected chi connectivity index (χ1v) is 8.77. The van der Waals surface area contributed by atoms with Gasteiger partial charge < -0.3 is 9.84 Å². The van der Waals surface area contributed by atoms with Crippen molar-refractivity contribution in [2.24, 2.45) is 0 Å². The predicted molar refractivity (Wildman–Crippen MR) is 82.7 cm³/mol. The average molecular weight is 323 g/mol. The second kappa shape index (κ2) is 6.62. The molecule has 1 aliphatic carbocycles. The van der Waals surface area contributed by atoms with Gasteiger partial charge in [0, 0.05) is 28.4 Å². The largest absolute Gasteiger partial charge is 0.351 e. The van der Waals surface area contributed by atoms with Crippen LogP contribution in [0, 0.1) is 6.92 Å². The number of nitrogens with zero attached hydrogens (tertiary/aromatic N) is 2. The van der Waals surface area contributed by atoms with E-state index in [1.54, 1.807) is 17.4 Å². The number of thioether (sulfide) groups is 1. The summed E-state index contributed by atoms with van der Waals surface area (Å²) >= 11 is 3.59. The van der Waals surface area contributed by atoms with Gasteiger partial charge in [-0.25, -0.2) is 4.98 Å². The van der Waals surface area contributed by atoms with E-state index in [2.05, 4.69) is 20.8 Å². The van der Waals surface area contributed by atoms with Crippen LogP contribution in [-0.2, 0) is 0 Å². The Balaban J connectivity index is 1.45. The van der Waals surface area contributed by atoms with E-state index >= 15 is 0 Å². The molecule has 0 unspecified atom stereocenters. The molecule has 0 bridgehead atoms. The molecule has 0 aromatic carbocycles. The summed E-state index contributed by atoms with van der Waals surface area (Å²) < 4.78 is 6.02. The van der Waals surface area contributed by atoms with E-state index in [0.717, 1.165) is 35.7 Å². The van der Waals surface area contributed by atoms with Crippen molar-refractivity contribution in [1.29, 1.82) is 0 Å². The molecule has 1 aliphatic rings. The molecule has 0 radical (unpaired) electrons. The first-order chi connectivity index (χ1) is 10.2. The van der Waals surface area contributed by atoms with Crippen molar-refractivity contribution in [3.63, 3.8) is 0 Å². The highest BCUT2D eigenvalue weighted by Gasteiger charge is 2.24. The highest BCUT2D eigenvalue weighted by atomic mass is 32.2. The third-order valence-electron chi connectivity index (χ3n) is 3.54. The Hall–Kier alpha value is -1.34. The molecule has 2 heterocycles. The van der Waals surface area contributed by atoms with Crippen molar-refractivity contribution in [1.82, 2.24) is 15.5 Å². The second-order valence-electron chi connectivity index (χ2n) is 5.20. The number of carbonyl (C=O) groups is 1. The molecule has 1 fully saturated rings. The molecule has 1 saturated carbocycles. The maximum atomic E-state index is 11.9. The van der Waals surface area contributed by atoms with Crippen LogP contribution in [0.3, 0.4) is 0 Å². The van der Waals surface area contributed by atoms with E-state index in [9.17, 15) is 4.79 Å². The van der Waals surface area contributed by atoms with Crippen LogP contribution in [0.2, 0.25) is 0 Å². The minimum Gasteiger partial charge on any atom is -0.351 e. The molecule has 0 saturated heterocycles. The van der Waals surface area contributed by atoms with Gasteiger partial charge in [-0.05, 0) is 32.6 Å². The van der Waals surface area contributed by atoms with Crippen LogP contribution in [0.1, 0.15) is 41.9 Å². The normalized spacial score (nSPS) is 22.1. The van der Waals surface area contributed by atoms with Gasteiger partial charge in [-0.15, -0.1) is 11.3 Å². The highest BCUT2D eigenvalue weighted by molar-refractivity contribution is 8.01. The Bertz CT molecular complexity index is 589. The molecular formula is C14H17N3O2S2. The SMILES string of the molecule is Cc1csc(SC2CCC(NC(=O)c3ccno3)CC2)n1. The van der Waals surface area contributed by atoms with Crippen LogP contribution in [0.5, 0.6) is 0 Å². The minimum absolute atomic E-state index is 0.167. The fraction of sp³-hybridized carbons (Fsp3) is 0.500. The van der Waals surface area contributed by atoms with Crippen molar-refractivity contribution in [3.05, 3.63) is 29.1 Å². The summed E-state index contributed by atoms with van der Waals surface area (Å²) in [6.07, 6.45) is 5.69. The molecule has 112 valence electrons. The number of carbonyl (C=O) groups excluding carboxylic acids is 1. The van der Waals surface area contributed by atoms with Crippen LogP contribution < -0.4 is 5.32 Å². The fourth-order valence-corrected chi connectivity index (χ4v) is 4.73. The van der Waals surface area contributed by atoms with Gasteiger partial charge in [0.2, 0.25) is 5.76 Å². The maximum absolute atomic E-state index is 11.9. The van der Waals surface area contributed by atoms with Crippen LogP contribution in [-0.4, -0.2) is 27.3 Å². The van der Waals surface area contributed by atoms with E-state index in [1.807, 2.05) is 18.7 Å². The Labute approximate surface area is 131 Å². The number of hydrogen-bond acceptors (Lipinski definition) is 6. The smallest absolute Gasteiger partial charge is 0.290 e. The minimum atomic E-state index is -0.167. The Kier molecular flexibility index (Phi) is 4.60. The zero-order valence-corrected chi connectivity index (χ0v) is 13.4. The van der Waals surface area contributed by atoms with Gasteiger partial charge in [0.1, 0.15) is 4.34 Å². The van der Waals surface area contributed by atoms with E-state index in [-0.39, 0.29) is 17.7 Å². The molecule has 0 aliphatic heterocycles. The van der Waals surface area contributed by atoms with Crippen molar-refractivity contribution in [3.8, 4) is 0 Å². The van der Waals surface area contributed by atoms with E-state index in [1.165, 1.54) is 6.20 Å². The number of aryl methyl sites for hydroxylation is 1. The molecule has 1 amide bonds. The topological polar surface area (TPSA) is 68.0 Å². The second-order valence-corrected chi connectivity index (χ2v) is 7.60. The van der Waals surface area contributed by atoms with Crippen LogP contribution in [0.15, 0.2) is 26.5 Å². The van der Waals surface area contributed by atoms with Crippen molar-refractivity contribution in [2.75, 3.05) is 0 Å². The summed E-state index contributed by atoms with van der Waals surface area (Å²) in [6, 6.07) is 1.82. The van der Waals surface area contributed by atoms with E-state index < -0.39 is 0 Å². The molecule has 2 aromatic heterocycles. The van der Waals surface area contributed by atoms with Crippen molar-refractivity contribution >= 4 is 29.0 Å². The summed E-state index contributed by atoms with van der Waals surface area (Å²) in [5, 5.41) is 9.26. The van der Waals surface area contributed by atoms with Gasteiger partial charge in [-0.2, -0.15) is 0 Å². The van der Waals surface area contributed by atoms with Crippen LogP contribution >= 0.6 is 23.1 Å². The number of hydrogen-bond donors (Lipinski definition) is 1. The lowest BCUT2D eigenvalue weighted by Gasteiger charge is -2.27. The third kappa shape index (κ3) is 3.85. The highest BCUT2D eigenvalue weighted by Crippen LogP contribution is 2.35. The lowest BCUT2D eigenvalue weighted by Crippen LogP contribution is -2.38. The van der Waals surface area contributed by atoms with Gasteiger partial charge in [0.25, 0.3) is 5.91 Å². The van der Waals surface area contributed by atoms with E-state index in [0.29, 0.717) is 5.25 Å². The fourth-order valence-electron chi connectivity index (χ4n) is 2.44. The lowest BCUT2D eigenvalue weighted by molar-refractivity contribution is 0.0890. The predicted octanol–water partition coefficient (Wildman–Crippen LogP) is 3.27. The first-order valence-electron chi connectivity index (χ1n) is 7.01. The summed E-state index contributed by atoms with van der Waals surface area (Å²) in [4.78, 5) is 16.4. The standard InChI is InChI=1S/C14H17N3O2S2/c1-9-8-20-14(16-9)21-11-4-2-10(3-5-11)17-13(18)12-6-7-15-19-12/h6-8,10-11H,2-5H2,1H3,(H,17,18). The molecule has 0 spiro atoms. The Morgan fingerprint density at radius 3 is 2.86 bits per heavy atom. The zero-order chi connectivity index (χ0) is 14.7. The van der Waals surface area contributed by atoms with Crippen LogP contribution in [0.4, 0.5) is 0 Å². The molecule has 3 rings (SSSR count). The van der Waals surface area contributed by atoms with Gasteiger partial charge in [-0.1, -0.05) is 16.9 Å². The summed E-state index contributed by atoms with van der Waals surface area (Å²) in [5.74, 6) is 0.115. The molecule has 7 heteroatoms. The van der Waals surface area contributed by atoms with Crippen molar-refractivity contribution < 1.29 is 9.32 Å². The quantitative estimate of drug-likeness (QED) is 0.935. The van der Waals surface area contributed by atoms with Gasteiger partial charge in [-0.3, -0.25) is 4.79 Å². The number of aromatic nitrogens is 2. The summed E-state index contributed by atoms with van der Waals surface area (Å²) in [6.45, 7) is 2.02. The number of thiazole rings is 1. The Morgan fingerprint density at radius 2 is 2.24 bits per heavy atom. The lowest BCUT2D eigenvalue weighted by atomic mass is 9.95. The van der Waals surface area contributed by atoms with Crippen LogP contribution in [0.25, 0.3) is 0 Å². The van der Waals surface area contributed by atoms with Gasteiger partial charge in [0.15, 0.2) is 0 Å². The molecule has 1 N–H and O–H groups in total. The van der Waals surface area contributed by atoms with E-state index in [4.69, 9.17) is 4.52 Å². The number of rotatable bonds is 4. The Morgan fingerprint density at radius 1 is 1.43 bits per heavy atom. The average Bonchev–Trinajstić information content (AvgIpc) is 3.13. The molecule has 0 atom stereocenters. The third-order valence-corrected chi connectivity index (χ3v) is 5.96. The number of nitrogens with one attached hydrogen (secondary N) is 1. The van der Waals surface area contributed by atoms with Gasteiger partial charge >= 0.3 is 0 Å². The molecule has 5 nitrogen and oxygen atoms in total. The summed E-state index contributed by atoms with van der Waals surface area (Å²) in [5.41, 5.74) is 1.09. The monoisotopic (exact) mass is 323 g/mol. The van der Waals surface area contributed by atoms with Crippen molar-refractivity contribution in [2.45, 2.75) is 48.2 Å². The zero-order valence-electron chi connectivity index (χ0n) is 11.7. The number of amides is 1.